The van der Waals surface area contributed by atoms with E-state index < -0.39 is 17.6 Å². The number of benzene rings is 3. The van der Waals surface area contributed by atoms with Crippen LogP contribution in [0.5, 0.6) is 0 Å². The molecule has 3 heterocycles. The van der Waals surface area contributed by atoms with Gasteiger partial charge in [-0.2, -0.15) is 13.2 Å². The van der Waals surface area contributed by atoms with Gasteiger partial charge in [-0.05, 0) is 78.4 Å². The monoisotopic (exact) mass is 556 g/mol. The summed E-state index contributed by atoms with van der Waals surface area (Å²) in [5.41, 5.74) is 4.46. The highest BCUT2D eigenvalue weighted by molar-refractivity contribution is 7.22. The van der Waals surface area contributed by atoms with E-state index in [0.29, 0.717) is 23.4 Å². The molecule has 0 atom stereocenters. The maximum absolute atomic E-state index is 13.2. The summed E-state index contributed by atoms with van der Waals surface area (Å²) in [7, 11) is 0. The van der Waals surface area contributed by atoms with Gasteiger partial charge in [0.25, 0.3) is 5.91 Å². The van der Waals surface area contributed by atoms with E-state index in [1.54, 1.807) is 30.4 Å². The van der Waals surface area contributed by atoms with Gasteiger partial charge in [0.05, 0.1) is 21.5 Å². The Hall–Kier alpha value is -4.50. The predicted molar refractivity (Wildman–Crippen MR) is 153 cm³/mol. The molecule has 3 aromatic carbocycles. The average Bonchev–Trinajstić information content (AvgIpc) is 3.57. The number of rotatable bonds is 5. The Morgan fingerprint density at radius 1 is 0.950 bits per heavy atom. The van der Waals surface area contributed by atoms with Gasteiger partial charge in [0.15, 0.2) is 0 Å². The van der Waals surface area contributed by atoms with Crippen LogP contribution in [0.4, 0.5) is 18.9 Å². The van der Waals surface area contributed by atoms with Gasteiger partial charge in [0.2, 0.25) is 0 Å². The number of aromatic amines is 1. The van der Waals surface area contributed by atoms with E-state index in [4.69, 9.17) is 9.97 Å². The molecule has 5 nitrogen and oxygen atoms in total. The van der Waals surface area contributed by atoms with Crippen molar-refractivity contribution in [3.63, 3.8) is 0 Å². The molecule has 0 aliphatic carbocycles. The maximum Gasteiger partial charge on any atom is 0.416 e. The number of nitrogens with zero attached hydrogens (tertiary/aromatic N) is 2. The van der Waals surface area contributed by atoms with E-state index in [9.17, 15) is 18.0 Å². The Bertz CT molecular complexity index is 1870. The van der Waals surface area contributed by atoms with Gasteiger partial charge in [-0.1, -0.05) is 30.3 Å². The minimum Gasteiger partial charge on any atom is -0.358 e. The molecular weight excluding hydrogens is 533 g/mol. The third-order valence-corrected chi connectivity index (χ3v) is 8.01. The van der Waals surface area contributed by atoms with Crippen LogP contribution >= 0.6 is 11.3 Å². The lowest BCUT2D eigenvalue weighted by Gasteiger charge is -2.14. The van der Waals surface area contributed by atoms with Gasteiger partial charge in [0, 0.05) is 28.6 Å². The number of fused-ring (bicyclic) bond motifs is 2. The van der Waals surface area contributed by atoms with Crippen molar-refractivity contribution in [3.8, 4) is 10.6 Å². The number of hydrogen-bond acceptors (Lipinski definition) is 4. The Balaban J connectivity index is 1.32. The van der Waals surface area contributed by atoms with Gasteiger partial charge in [-0.3, -0.25) is 4.79 Å². The molecule has 0 aliphatic heterocycles. The molecule has 6 aromatic rings. The molecule has 6 rings (SSSR count). The molecule has 0 fully saturated rings. The lowest BCUT2D eigenvalue weighted by atomic mass is 10.0. The van der Waals surface area contributed by atoms with Gasteiger partial charge in [-0.25, -0.2) is 9.97 Å². The zero-order valence-corrected chi connectivity index (χ0v) is 22.4. The van der Waals surface area contributed by atoms with Gasteiger partial charge >= 0.3 is 6.18 Å². The second-order valence-electron chi connectivity index (χ2n) is 9.67. The molecule has 0 saturated carbocycles. The number of alkyl halides is 3. The first-order chi connectivity index (χ1) is 19.2. The Morgan fingerprint density at radius 3 is 2.55 bits per heavy atom. The Morgan fingerprint density at radius 2 is 1.75 bits per heavy atom. The molecule has 200 valence electrons. The summed E-state index contributed by atoms with van der Waals surface area (Å²) in [5, 5.41) is 3.79. The molecule has 1 amide bonds. The topological polar surface area (TPSA) is 70.7 Å². The lowest BCUT2D eigenvalue weighted by Crippen LogP contribution is -2.15. The van der Waals surface area contributed by atoms with E-state index in [1.165, 1.54) is 10.8 Å². The molecule has 3 aromatic heterocycles. The van der Waals surface area contributed by atoms with Crippen molar-refractivity contribution in [2.75, 3.05) is 5.32 Å². The molecule has 0 aliphatic rings. The van der Waals surface area contributed by atoms with Crippen molar-refractivity contribution in [2.45, 2.75) is 26.4 Å². The van der Waals surface area contributed by atoms with Crippen molar-refractivity contribution < 1.29 is 18.0 Å². The van der Waals surface area contributed by atoms with E-state index in [-0.39, 0.29) is 5.69 Å². The fourth-order valence-electron chi connectivity index (χ4n) is 4.65. The smallest absolute Gasteiger partial charge is 0.358 e. The minimum atomic E-state index is -4.50. The first kappa shape index (κ1) is 25.8. The van der Waals surface area contributed by atoms with Crippen LogP contribution in [-0.4, -0.2) is 20.9 Å². The van der Waals surface area contributed by atoms with Crippen molar-refractivity contribution in [1.82, 2.24) is 15.0 Å². The second kappa shape index (κ2) is 9.91. The number of aromatic nitrogens is 3. The van der Waals surface area contributed by atoms with Gasteiger partial charge in [-0.15, -0.1) is 11.3 Å². The number of H-pyrrole nitrogens is 1. The van der Waals surface area contributed by atoms with Gasteiger partial charge in [0.1, 0.15) is 11.5 Å². The molecule has 2 N–H and O–H groups in total. The molecular formula is C31H23F3N4OS. The number of carbonyl (C=O) groups is 1. The van der Waals surface area contributed by atoms with Crippen LogP contribution < -0.4 is 5.32 Å². The minimum absolute atomic E-state index is 0.121. The Kier molecular flexibility index (Phi) is 6.38. The zero-order chi connectivity index (χ0) is 28.0. The van der Waals surface area contributed by atoms with Crippen LogP contribution in [-0.2, 0) is 12.6 Å². The lowest BCUT2D eigenvalue weighted by molar-refractivity contribution is -0.137. The normalized spacial score (nSPS) is 11.8. The van der Waals surface area contributed by atoms with Crippen LogP contribution in [0.1, 0.15) is 38.4 Å². The first-order valence-corrected chi connectivity index (χ1v) is 13.4. The summed E-state index contributed by atoms with van der Waals surface area (Å²) in [5.74, 6) is 0.116. The highest BCUT2D eigenvalue weighted by Gasteiger charge is 2.31. The highest BCUT2D eigenvalue weighted by Crippen LogP contribution is 2.36. The summed E-state index contributed by atoms with van der Waals surface area (Å²) in [6.45, 7) is 3.59. The molecule has 0 unspecified atom stereocenters. The standard InChI is InChI=1S/C31H23F3N4OS/c1-17-7-9-20(30(39)37-24-16-22(31(32,33)34)10-8-18(24)2)13-21(17)15-27-36-23-11-12-35-28(23)29(38-27)26-14-19-5-3-4-6-25(19)40-26/h3-14,16,35H,15H2,1-2H3,(H,37,39). The Labute approximate surface area is 231 Å². The third-order valence-electron chi connectivity index (χ3n) is 6.88. The third kappa shape index (κ3) is 4.96. The maximum atomic E-state index is 13.2. The van der Waals surface area contributed by atoms with Crippen molar-refractivity contribution in [1.29, 1.82) is 0 Å². The number of aryl methyl sites for hydroxylation is 2. The van der Waals surface area contributed by atoms with E-state index in [2.05, 4.69) is 28.5 Å². The number of halogens is 3. The summed E-state index contributed by atoms with van der Waals surface area (Å²) in [4.78, 5) is 27.0. The van der Waals surface area contributed by atoms with Crippen LogP contribution in [0.25, 0.3) is 31.7 Å². The molecule has 9 heteroatoms. The number of amides is 1. The van der Waals surface area contributed by atoms with Crippen LogP contribution in [0.2, 0.25) is 0 Å². The molecule has 40 heavy (non-hydrogen) atoms. The van der Waals surface area contributed by atoms with E-state index in [1.807, 2.05) is 37.4 Å². The first-order valence-electron chi connectivity index (χ1n) is 12.6. The number of carbonyl (C=O) groups excluding carboxylic acids is 1. The van der Waals surface area contributed by atoms with Crippen molar-refractivity contribution in [2.24, 2.45) is 0 Å². The van der Waals surface area contributed by atoms with E-state index in [0.717, 1.165) is 50.3 Å². The van der Waals surface area contributed by atoms with E-state index >= 15 is 0 Å². The predicted octanol–water partition coefficient (Wildman–Crippen LogP) is 8.32. The summed E-state index contributed by atoms with van der Waals surface area (Å²) in [6.07, 6.45) is -2.28. The summed E-state index contributed by atoms with van der Waals surface area (Å²) >= 11 is 1.66. The second-order valence-corrected chi connectivity index (χ2v) is 10.8. The average molecular weight is 557 g/mol. The molecule has 0 spiro atoms. The number of nitrogens with one attached hydrogen (secondary N) is 2. The largest absolute Gasteiger partial charge is 0.416 e. The fourth-order valence-corrected chi connectivity index (χ4v) is 5.71. The quantitative estimate of drug-likeness (QED) is 0.224. The number of thiophene rings is 1. The summed E-state index contributed by atoms with van der Waals surface area (Å²) in [6, 6.07) is 20.8. The van der Waals surface area contributed by atoms with Crippen LogP contribution in [0.15, 0.2) is 79.0 Å². The molecule has 0 bridgehead atoms. The molecule has 0 saturated heterocycles. The fraction of sp³-hybridized carbons (Fsp3) is 0.129. The SMILES string of the molecule is Cc1ccc(C(=O)Nc2cc(C(F)(F)F)ccc2C)cc1Cc1nc(-c2cc3ccccc3s2)c2[nH]ccc2n1. The molecule has 0 radical (unpaired) electrons. The van der Waals surface area contributed by atoms with Gasteiger partial charge < -0.3 is 10.3 Å². The van der Waals surface area contributed by atoms with Crippen molar-refractivity contribution in [3.05, 3.63) is 113 Å². The zero-order valence-electron chi connectivity index (χ0n) is 21.6. The number of anilines is 1. The van der Waals surface area contributed by atoms with Crippen LogP contribution in [0, 0.1) is 13.8 Å². The van der Waals surface area contributed by atoms with Crippen LogP contribution in [0.3, 0.4) is 0 Å². The number of hydrogen-bond donors (Lipinski definition) is 2. The van der Waals surface area contributed by atoms with Crippen molar-refractivity contribution >= 4 is 44.1 Å². The highest BCUT2D eigenvalue weighted by atomic mass is 32.1. The summed E-state index contributed by atoms with van der Waals surface area (Å²) < 4.78 is 40.8.